The Kier molecular flexibility index (Phi) is 4.45. The van der Waals surface area contributed by atoms with Gasteiger partial charge >= 0.3 is 0 Å². The number of aromatic nitrogens is 1. The lowest BCUT2D eigenvalue weighted by atomic mass is 10.2. The van der Waals surface area contributed by atoms with Gasteiger partial charge in [-0.15, -0.1) is 5.54 Å². The van der Waals surface area contributed by atoms with Gasteiger partial charge in [-0.25, -0.2) is 4.98 Å². The Morgan fingerprint density at radius 3 is 2.22 bits per heavy atom. The summed E-state index contributed by atoms with van der Waals surface area (Å²) in [4.78, 5) is 4.52. The van der Waals surface area contributed by atoms with Gasteiger partial charge in [0.1, 0.15) is 13.8 Å². The molecule has 0 aliphatic heterocycles. The Balaban J connectivity index is 3.15. The molecule has 18 heavy (non-hydrogen) atoms. The van der Waals surface area contributed by atoms with Crippen LogP contribution in [0.4, 0.5) is 0 Å². The third-order valence-electron chi connectivity index (χ3n) is 3.68. The molecule has 1 nitrogen and oxygen atoms in total. The summed E-state index contributed by atoms with van der Waals surface area (Å²) in [7, 11) is -1.55. The van der Waals surface area contributed by atoms with E-state index in [0.29, 0.717) is 5.04 Å². The third-order valence-corrected chi connectivity index (χ3v) is 9.38. The highest BCUT2D eigenvalue weighted by molar-refractivity contribution is 9.10. The van der Waals surface area contributed by atoms with Gasteiger partial charge in [0, 0.05) is 4.47 Å². The van der Waals surface area contributed by atoms with Crippen molar-refractivity contribution in [2.45, 2.75) is 52.8 Å². The van der Waals surface area contributed by atoms with Gasteiger partial charge in [-0.2, -0.15) is 0 Å². The summed E-state index contributed by atoms with van der Waals surface area (Å²) in [6.45, 7) is 15.6. The molecular formula is C15H22BrNSi. The molecule has 0 aliphatic rings. The van der Waals surface area contributed by atoms with Crippen LogP contribution in [-0.4, -0.2) is 13.1 Å². The highest BCUT2D eigenvalue weighted by atomic mass is 79.9. The molecule has 0 aromatic carbocycles. The minimum atomic E-state index is -1.55. The second-order valence-electron chi connectivity index (χ2n) is 6.35. The fourth-order valence-electron chi connectivity index (χ4n) is 1.29. The minimum absolute atomic E-state index is 0.291. The molecule has 0 bridgehead atoms. The molecule has 0 saturated carbocycles. The molecule has 1 rings (SSSR count). The lowest BCUT2D eigenvalue weighted by molar-refractivity contribution is 0.731. The third kappa shape index (κ3) is 3.46. The van der Waals surface area contributed by atoms with Gasteiger partial charge in [0.15, 0.2) is 0 Å². The smallest absolute Gasteiger partial charge is 0.138 e. The largest absolute Gasteiger partial charge is 0.243 e. The lowest BCUT2D eigenvalue weighted by Gasteiger charge is -2.31. The number of aryl methyl sites for hydroxylation is 2. The molecule has 0 amide bonds. The SMILES string of the molecule is Cc1cc(C#C[Si](C)(C)C(C)(C)C)nc(C)c1Br. The summed E-state index contributed by atoms with van der Waals surface area (Å²) in [5.74, 6) is 3.28. The fraction of sp³-hybridized carbons (Fsp3) is 0.533. The van der Waals surface area contributed by atoms with Crippen molar-refractivity contribution in [2.24, 2.45) is 0 Å². The maximum atomic E-state index is 4.52. The van der Waals surface area contributed by atoms with E-state index in [1.165, 1.54) is 5.56 Å². The highest BCUT2D eigenvalue weighted by Crippen LogP contribution is 2.35. The predicted octanol–water partition coefficient (Wildman–Crippen LogP) is 4.86. The molecule has 1 aromatic heterocycles. The molecule has 0 atom stereocenters. The van der Waals surface area contributed by atoms with Crippen LogP contribution in [0.3, 0.4) is 0 Å². The number of hydrogen-bond acceptors (Lipinski definition) is 1. The summed E-state index contributed by atoms with van der Waals surface area (Å²) < 4.78 is 1.08. The van der Waals surface area contributed by atoms with Crippen molar-refractivity contribution in [1.29, 1.82) is 0 Å². The Bertz CT molecular complexity index is 493. The van der Waals surface area contributed by atoms with E-state index < -0.39 is 8.07 Å². The molecule has 0 aliphatic carbocycles. The number of nitrogens with zero attached hydrogens (tertiary/aromatic N) is 1. The molecule has 0 unspecified atom stereocenters. The second-order valence-corrected chi connectivity index (χ2v) is 12.1. The van der Waals surface area contributed by atoms with E-state index in [4.69, 9.17) is 0 Å². The lowest BCUT2D eigenvalue weighted by Crippen LogP contribution is -2.35. The Morgan fingerprint density at radius 1 is 1.22 bits per heavy atom. The van der Waals surface area contributed by atoms with E-state index in [2.05, 4.69) is 79.2 Å². The summed E-state index contributed by atoms with van der Waals surface area (Å²) in [5, 5.41) is 0.291. The Labute approximate surface area is 121 Å². The van der Waals surface area contributed by atoms with Crippen LogP contribution in [0, 0.1) is 25.3 Å². The van der Waals surface area contributed by atoms with Gasteiger partial charge in [0.25, 0.3) is 0 Å². The van der Waals surface area contributed by atoms with E-state index in [1.54, 1.807) is 0 Å². The molecule has 3 heteroatoms. The van der Waals surface area contributed by atoms with E-state index in [0.717, 1.165) is 15.9 Å². The zero-order chi connectivity index (χ0) is 14.1. The van der Waals surface area contributed by atoms with Crippen molar-refractivity contribution in [3.8, 4) is 11.5 Å². The fourth-order valence-corrected chi connectivity index (χ4v) is 2.31. The van der Waals surface area contributed by atoms with Crippen LogP contribution < -0.4 is 0 Å². The first-order valence-corrected chi connectivity index (χ1v) is 10.0. The number of halogens is 1. The van der Waals surface area contributed by atoms with Gasteiger partial charge in [-0.05, 0) is 46.4 Å². The first-order valence-electron chi connectivity index (χ1n) is 6.21. The van der Waals surface area contributed by atoms with Crippen molar-refractivity contribution in [2.75, 3.05) is 0 Å². The monoisotopic (exact) mass is 323 g/mol. The molecule has 0 spiro atoms. The maximum Gasteiger partial charge on any atom is 0.138 e. The van der Waals surface area contributed by atoms with Gasteiger partial charge in [-0.1, -0.05) is 39.8 Å². The molecular weight excluding hydrogens is 302 g/mol. The van der Waals surface area contributed by atoms with Crippen molar-refractivity contribution < 1.29 is 0 Å². The predicted molar refractivity (Wildman–Crippen MR) is 85.5 cm³/mol. The zero-order valence-electron chi connectivity index (χ0n) is 12.4. The summed E-state index contributed by atoms with van der Waals surface area (Å²) in [6, 6.07) is 2.05. The Morgan fingerprint density at radius 2 is 1.78 bits per heavy atom. The maximum absolute atomic E-state index is 4.52. The Hall–Kier alpha value is -0.593. The zero-order valence-corrected chi connectivity index (χ0v) is 15.0. The molecule has 0 fully saturated rings. The average molecular weight is 324 g/mol. The van der Waals surface area contributed by atoms with Gasteiger partial charge in [-0.3, -0.25) is 0 Å². The standard InChI is InChI=1S/C15H22BrNSi/c1-11-10-13(17-12(2)14(11)16)8-9-18(6,7)15(3,4)5/h10H,1-7H3. The normalized spacial score (nSPS) is 12.0. The molecule has 98 valence electrons. The molecule has 1 aromatic rings. The van der Waals surface area contributed by atoms with Crippen LogP contribution >= 0.6 is 15.9 Å². The van der Waals surface area contributed by atoms with Crippen molar-refractivity contribution >= 4 is 24.0 Å². The van der Waals surface area contributed by atoms with Crippen molar-refractivity contribution in [3.05, 3.63) is 27.5 Å². The summed E-state index contributed by atoms with van der Waals surface area (Å²) >= 11 is 3.53. The van der Waals surface area contributed by atoms with E-state index in [-0.39, 0.29) is 0 Å². The van der Waals surface area contributed by atoms with Crippen molar-refractivity contribution in [1.82, 2.24) is 4.98 Å². The first-order chi connectivity index (χ1) is 8.04. The molecule has 0 saturated heterocycles. The second kappa shape index (κ2) is 5.18. The average Bonchev–Trinajstić information content (AvgIpc) is 2.21. The van der Waals surface area contributed by atoms with Crippen LogP contribution in [0.2, 0.25) is 18.1 Å². The number of pyridine rings is 1. The van der Waals surface area contributed by atoms with Crippen LogP contribution in [0.1, 0.15) is 37.7 Å². The molecule has 0 radical (unpaired) electrons. The number of hydrogen-bond donors (Lipinski definition) is 0. The van der Waals surface area contributed by atoms with E-state index in [1.807, 2.05) is 6.92 Å². The van der Waals surface area contributed by atoms with Crippen LogP contribution in [0.25, 0.3) is 0 Å². The minimum Gasteiger partial charge on any atom is -0.243 e. The van der Waals surface area contributed by atoms with Crippen LogP contribution in [-0.2, 0) is 0 Å². The van der Waals surface area contributed by atoms with Gasteiger partial charge in [0.05, 0.1) is 5.69 Å². The summed E-state index contributed by atoms with van der Waals surface area (Å²) in [5.41, 5.74) is 6.59. The number of rotatable bonds is 0. The quantitative estimate of drug-likeness (QED) is 0.490. The summed E-state index contributed by atoms with van der Waals surface area (Å²) in [6.07, 6.45) is 0. The van der Waals surface area contributed by atoms with Crippen LogP contribution in [0.5, 0.6) is 0 Å². The van der Waals surface area contributed by atoms with Crippen LogP contribution in [0.15, 0.2) is 10.5 Å². The molecule has 1 heterocycles. The van der Waals surface area contributed by atoms with E-state index in [9.17, 15) is 0 Å². The van der Waals surface area contributed by atoms with Gasteiger partial charge < -0.3 is 0 Å². The molecule has 0 N–H and O–H groups in total. The van der Waals surface area contributed by atoms with Crippen molar-refractivity contribution in [3.63, 3.8) is 0 Å². The first kappa shape index (κ1) is 15.5. The highest BCUT2D eigenvalue weighted by Gasteiger charge is 2.33. The van der Waals surface area contributed by atoms with Gasteiger partial charge in [0.2, 0.25) is 0 Å². The topological polar surface area (TPSA) is 12.9 Å². The van der Waals surface area contributed by atoms with E-state index >= 15 is 0 Å².